The van der Waals surface area contributed by atoms with Crippen molar-refractivity contribution in [3.8, 4) is 5.75 Å². The molecule has 0 aromatic heterocycles. The minimum absolute atomic E-state index is 0.121. The van der Waals surface area contributed by atoms with Crippen molar-refractivity contribution in [2.75, 3.05) is 20.8 Å². The van der Waals surface area contributed by atoms with E-state index in [1.807, 2.05) is 0 Å². The lowest BCUT2D eigenvalue weighted by Gasteiger charge is -2.15. The first kappa shape index (κ1) is 15.0. The molecule has 104 valence electrons. The fraction of sp³-hybridized carbons (Fsp3) is 0.385. The SMILES string of the molecule is COCCC(=O)NC(C(=O)O)c1ccc(OC)cc1. The number of hydrogen-bond acceptors (Lipinski definition) is 4. The molecular formula is C13H17NO5. The average molecular weight is 267 g/mol. The second-order valence-electron chi connectivity index (χ2n) is 3.85. The first-order valence-corrected chi connectivity index (χ1v) is 5.73. The number of amides is 1. The van der Waals surface area contributed by atoms with E-state index < -0.39 is 12.0 Å². The predicted molar refractivity (Wildman–Crippen MR) is 68.0 cm³/mol. The van der Waals surface area contributed by atoms with Gasteiger partial charge in [0.05, 0.1) is 13.7 Å². The molecule has 1 atom stereocenters. The van der Waals surface area contributed by atoms with Crippen LogP contribution in [0.3, 0.4) is 0 Å². The zero-order valence-electron chi connectivity index (χ0n) is 10.9. The molecule has 0 aliphatic carbocycles. The van der Waals surface area contributed by atoms with Gasteiger partial charge in [0.2, 0.25) is 5.91 Å². The summed E-state index contributed by atoms with van der Waals surface area (Å²) >= 11 is 0. The molecule has 6 nitrogen and oxygen atoms in total. The third-order valence-corrected chi connectivity index (χ3v) is 2.53. The maximum atomic E-state index is 11.5. The van der Waals surface area contributed by atoms with Crippen molar-refractivity contribution in [3.05, 3.63) is 29.8 Å². The van der Waals surface area contributed by atoms with Gasteiger partial charge in [-0.15, -0.1) is 0 Å². The monoisotopic (exact) mass is 267 g/mol. The van der Waals surface area contributed by atoms with E-state index >= 15 is 0 Å². The molecule has 1 rings (SSSR count). The molecule has 1 aromatic rings. The van der Waals surface area contributed by atoms with Gasteiger partial charge in [-0.2, -0.15) is 0 Å². The summed E-state index contributed by atoms with van der Waals surface area (Å²) in [7, 11) is 3.00. The van der Waals surface area contributed by atoms with Gasteiger partial charge in [0.1, 0.15) is 5.75 Å². The molecule has 0 saturated heterocycles. The van der Waals surface area contributed by atoms with E-state index in [1.54, 1.807) is 24.3 Å². The van der Waals surface area contributed by atoms with Gasteiger partial charge < -0.3 is 19.9 Å². The van der Waals surface area contributed by atoms with Gasteiger partial charge >= 0.3 is 5.97 Å². The Morgan fingerprint density at radius 1 is 1.26 bits per heavy atom. The summed E-state index contributed by atoms with van der Waals surface area (Å²) in [4.78, 5) is 22.7. The zero-order valence-corrected chi connectivity index (χ0v) is 10.9. The fourth-order valence-corrected chi connectivity index (χ4v) is 1.51. The zero-order chi connectivity index (χ0) is 14.3. The van der Waals surface area contributed by atoms with Crippen LogP contribution in [0.1, 0.15) is 18.0 Å². The lowest BCUT2D eigenvalue weighted by atomic mass is 10.1. The molecule has 0 fully saturated rings. The number of nitrogens with one attached hydrogen (secondary N) is 1. The molecule has 0 radical (unpaired) electrons. The number of methoxy groups -OCH3 is 2. The lowest BCUT2D eigenvalue weighted by molar-refractivity contribution is -0.142. The molecule has 0 bridgehead atoms. The highest BCUT2D eigenvalue weighted by atomic mass is 16.5. The summed E-state index contributed by atoms with van der Waals surface area (Å²) in [6, 6.07) is 5.43. The maximum absolute atomic E-state index is 11.5. The van der Waals surface area contributed by atoms with Crippen molar-refractivity contribution < 1.29 is 24.2 Å². The summed E-state index contributed by atoms with van der Waals surface area (Å²) in [5.74, 6) is -0.861. The highest BCUT2D eigenvalue weighted by molar-refractivity contribution is 5.84. The quantitative estimate of drug-likeness (QED) is 0.769. The van der Waals surface area contributed by atoms with Crippen molar-refractivity contribution in [2.24, 2.45) is 0 Å². The third kappa shape index (κ3) is 4.59. The Morgan fingerprint density at radius 3 is 2.37 bits per heavy atom. The number of carbonyl (C=O) groups is 2. The van der Waals surface area contributed by atoms with Crippen molar-refractivity contribution in [2.45, 2.75) is 12.5 Å². The van der Waals surface area contributed by atoms with Gasteiger partial charge in [-0.25, -0.2) is 4.79 Å². The van der Waals surface area contributed by atoms with Crippen LogP contribution in [0.15, 0.2) is 24.3 Å². The maximum Gasteiger partial charge on any atom is 0.330 e. The van der Waals surface area contributed by atoms with Gasteiger partial charge in [-0.3, -0.25) is 4.79 Å². The van der Waals surface area contributed by atoms with Gasteiger partial charge in [0, 0.05) is 13.5 Å². The number of ether oxygens (including phenoxy) is 2. The van der Waals surface area contributed by atoms with Crippen LogP contribution in [-0.4, -0.2) is 37.8 Å². The standard InChI is InChI=1S/C13H17NO5/c1-18-8-7-11(15)14-12(13(16)17)9-3-5-10(19-2)6-4-9/h3-6,12H,7-8H2,1-2H3,(H,14,15)(H,16,17). The second-order valence-corrected chi connectivity index (χ2v) is 3.85. The van der Waals surface area contributed by atoms with Crippen LogP contribution in [0, 0.1) is 0 Å². The van der Waals surface area contributed by atoms with E-state index in [4.69, 9.17) is 14.6 Å². The van der Waals surface area contributed by atoms with E-state index in [0.717, 1.165) is 0 Å². The average Bonchev–Trinajstić information content (AvgIpc) is 2.42. The number of carbonyl (C=O) groups excluding carboxylic acids is 1. The Balaban J connectivity index is 2.76. The minimum Gasteiger partial charge on any atom is -0.497 e. The van der Waals surface area contributed by atoms with Crippen LogP contribution < -0.4 is 10.1 Å². The summed E-state index contributed by atoms with van der Waals surface area (Å²) < 4.78 is 9.76. The molecule has 0 spiro atoms. The minimum atomic E-state index is -1.11. The largest absolute Gasteiger partial charge is 0.497 e. The van der Waals surface area contributed by atoms with E-state index in [1.165, 1.54) is 14.2 Å². The number of carboxylic acid groups (broad SMARTS) is 1. The van der Waals surface area contributed by atoms with Gasteiger partial charge in [-0.05, 0) is 17.7 Å². The molecule has 0 saturated carbocycles. The van der Waals surface area contributed by atoms with Crippen molar-refractivity contribution in [1.82, 2.24) is 5.32 Å². The third-order valence-electron chi connectivity index (χ3n) is 2.53. The first-order valence-electron chi connectivity index (χ1n) is 5.73. The van der Waals surface area contributed by atoms with Crippen LogP contribution in [0.5, 0.6) is 5.75 Å². The molecule has 0 aliphatic heterocycles. The molecule has 2 N–H and O–H groups in total. The van der Waals surface area contributed by atoms with Gasteiger partial charge in [0.25, 0.3) is 0 Å². The summed E-state index contributed by atoms with van der Waals surface area (Å²) in [5, 5.41) is 11.6. The van der Waals surface area contributed by atoms with Crippen molar-refractivity contribution >= 4 is 11.9 Å². The number of carboxylic acids is 1. The highest BCUT2D eigenvalue weighted by Gasteiger charge is 2.21. The fourth-order valence-electron chi connectivity index (χ4n) is 1.51. The predicted octanol–water partition coefficient (Wildman–Crippen LogP) is 0.974. The Bertz CT molecular complexity index is 429. The van der Waals surface area contributed by atoms with Crippen LogP contribution >= 0.6 is 0 Å². The smallest absolute Gasteiger partial charge is 0.330 e. The molecule has 19 heavy (non-hydrogen) atoms. The van der Waals surface area contributed by atoms with E-state index in [2.05, 4.69) is 5.32 Å². The van der Waals surface area contributed by atoms with E-state index in [0.29, 0.717) is 11.3 Å². The second kappa shape index (κ2) is 7.38. The highest BCUT2D eigenvalue weighted by Crippen LogP contribution is 2.18. The van der Waals surface area contributed by atoms with E-state index in [9.17, 15) is 9.59 Å². The van der Waals surface area contributed by atoms with Gasteiger partial charge in [-0.1, -0.05) is 12.1 Å². The number of aliphatic carboxylic acids is 1. The Morgan fingerprint density at radius 2 is 1.89 bits per heavy atom. The Hall–Kier alpha value is -2.08. The number of rotatable bonds is 7. The van der Waals surface area contributed by atoms with Crippen LogP contribution in [0.25, 0.3) is 0 Å². The summed E-state index contributed by atoms with van der Waals surface area (Å²) in [6.45, 7) is 0.251. The van der Waals surface area contributed by atoms with Crippen LogP contribution in [0.2, 0.25) is 0 Å². The Kier molecular flexibility index (Phi) is 5.81. The summed E-state index contributed by atoms with van der Waals surface area (Å²) in [6.07, 6.45) is 0.121. The normalized spacial score (nSPS) is 11.7. The molecule has 6 heteroatoms. The molecule has 1 unspecified atom stereocenters. The summed E-state index contributed by atoms with van der Waals surface area (Å²) in [5.41, 5.74) is 0.485. The van der Waals surface area contributed by atoms with Crippen LogP contribution in [0.4, 0.5) is 0 Å². The molecule has 1 amide bonds. The molecule has 0 heterocycles. The van der Waals surface area contributed by atoms with Gasteiger partial charge in [0.15, 0.2) is 6.04 Å². The molecular weight excluding hydrogens is 250 g/mol. The number of benzene rings is 1. The number of hydrogen-bond donors (Lipinski definition) is 2. The first-order chi connectivity index (χ1) is 9.08. The lowest BCUT2D eigenvalue weighted by Crippen LogP contribution is -2.34. The van der Waals surface area contributed by atoms with Crippen LogP contribution in [-0.2, 0) is 14.3 Å². The Labute approximate surface area is 111 Å². The topological polar surface area (TPSA) is 84.9 Å². The van der Waals surface area contributed by atoms with E-state index in [-0.39, 0.29) is 18.9 Å². The van der Waals surface area contributed by atoms with Crippen molar-refractivity contribution in [1.29, 1.82) is 0 Å². The molecule has 0 aliphatic rings. The van der Waals surface area contributed by atoms with Crippen molar-refractivity contribution in [3.63, 3.8) is 0 Å². The molecule has 1 aromatic carbocycles.